The van der Waals surface area contributed by atoms with Crippen molar-refractivity contribution in [1.29, 1.82) is 0 Å². The minimum atomic E-state index is -3.71. The maximum Gasteiger partial charge on any atom is 0.337 e. The van der Waals surface area contributed by atoms with E-state index in [2.05, 4.69) is 5.32 Å². The SMILES string of the molecule is CCOC(=O)C1=CCC(NCC(O)CCl)(S(=O)(=O)Cc2ccccc2)C=C1. The van der Waals surface area contributed by atoms with Gasteiger partial charge in [0.15, 0.2) is 9.84 Å². The fourth-order valence-corrected chi connectivity index (χ4v) is 4.64. The van der Waals surface area contributed by atoms with E-state index in [1.807, 2.05) is 6.07 Å². The van der Waals surface area contributed by atoms with E-state index in [1.165, 1.54) is 12.2 Å². The Labute approximate surface area is 164 Å². The molecule has 0 heterocycles. The molecule has 6 nitrogen and oxygen atoms in total. The lowest BCUT2D eigenvalue weighted by atomic mass is 10.0. The van der Waals surface area contributed by atoms with Gasteiger partial charge in [0.25, 0.3) is 0 Å². The van der Waals surface area contributed by atoms with E-state index < -0.39 is 26.8 Å². The van der Waals surface area contributed by atoms with Crippen LogP contribution in [0, 0.1) is 0 Å². The van der Waals surface area contributed by atoms with Crippen LogP contribution in [-0.4, -0.2) is 49.5 Å². The fraction of sp³-hybridized carbons (Fsp3) is 0.421. The Bertz CT molecular complexity index is 807. The van der Waals surface area contributed by atoms with Crippen molar-refractivity contribution in [3.05, 3.63) is 59.7 Å². The van der Waals surface area contributed by atoms with Crippen molar-refractivity contribution in [2.24, 2.45) is 0 Å². The van der Waals surface area contributed by atoms with Crippen LogP contribution in [0.4, 0.5) is 0 Å². The number of benzene rings is 1. The molecule has 2 rings (SSSR count). The summed E-state index contributed by atoms with van der Waals surface area (Å²) in [6.07, 6.45) is 3.60. The van der Waals surface area contributed by atoms with Crippen LogP contribution < -0.4 is 5.32 Å². The molecule has 0 radical (unpaired) electrons. The second kappa shape index (κ2) is 9.50. The molecule has 1 aliphatic rings. The molecule has 1 aliphatic carbocycles. The zero-order valence-electron chi connectivity index (χ0n) is 15.1. The van der Waals surface area contributed by atoms with Crippen LogP contribution in [0.2, 0.25) is 0 Å². The van der Waals surface area contributed by atoms with Gasteiger partial charge in [-0.15, -0.1) is 11.6 Å². The molecule has 8 heteroatoms. The molecular formula is C19H24ClNO5S. The van der Waals surface area contributed by atoms with E-state index in [9.17, 15) is 18.3 Å². The summed E-state index contributed by atoms with van der Waals surface area (Å²) in [5.41, 5.74) is 0.965. The van der Waals surface area contributed by atoms with E-state index in [4.69, 9.17) is 16.3 Å². The van der Waals surface area contributed by atoms with Gasteiger partial charge in [-0.25, -0.2) is 13.2 Å². The van der Waals surface area contributed by atoms with Gasteiger partial charge in [-0.2, -0.15) is 0 Å². The molecule has 0 fully saturated rings. The van der Waals surface area contributed by atoms with Gasteiger partial charge in [0, 0.05) is 18.8 Å². The van der Waals surface area contributed by atoms with Crippen LogP contribution in [0.25, 0.3) is 0 Å². The van der Waals surface area contributed by atoms with Crippen molar-refractivity contribution in [3.63, 3.8) is 0 Å². The van der Waals surface area contributed by atoms with Crippen LogP contribution in [0.1, 0.15) is 18.9 Å². The second-order valence-electron chi connectivity index (χ2n) is 6.24. The molecule has 1 aromatic rings. The van der Waals surface area contributed by atoms with Crippen molar-refractivity contribution in [2.75, 3.05) is 19.0 Å². The topological polar surface area (TPSA) is 92.7 Å². The molecule has 2 atom stereocenters. The number of esters is 1. The molecule has 0 amide bonds. The summed E-state index contributed by atoms with van der Waals surface area (Å²) in [6, 6.07) is 8.85. The van der Waals surface area contributed by atoms with Crippen molar-refractivity contribution < 1.29 is 23.1 Å². The summed E-state index contributed by atoms with van der Waals surface area (Å²) in [5.74, 6) is -0.691. The number of nitrogens with one attached hydrogen (secondary N) is 1. The first kappa shape index (κ1) is 21.6. The number of rotatable bonds is 9. The minimum Gasteiger partial charge on any atom is -0.462 e. The number of carbonyl (C=O) groups is 1. The maximum atomic E-state index is 13.2. The number of aliphatic hydroxyl groups excluding tert-OH is 1. The lowest BCUT2D eigenvalue weighted by Crippen LogP contribution is -2.53. The monoisotopic (exact) mass is 413 g/mol. The molecule has 2 N–H and O–H groups in total. The molecule has 1 aromatic carbocycles. The van der Waals surface area contributed by atoms with Gasteiger partial charge >= 0.3 is 5.97 Å². The van der Waals surface area contributed by atoms with Gasteiger partial charge in [0.1, 0.15) is 4.87 Å². The van der Waals surface area contributed by atoms with Crippen molar-refractivity contribution in [3.8, 4) is 0 Å². The lowest BCUT2D eigenvalue weighted by Gasteiger charge is -2.33. The molecule has 0 aliphatic heterocycles. The number of hydrogen-bond donors (Lipinski definition) is 2. The number of hydrogen-bond acceptors (Lipinski definition) is 6. The highest BCUT2D eigenvalue weighted by Gasteiger charge is 2.42. The fourth-order valence-electron chi connectivity index (χ4n) is 2.73. The van der Waals surface area contributed by atoms with Crippen LogP contribution >= 0.6 is 11.6 Å². The van der Waals surface area contributed by atoms with Gasteiger partial charge in [-0.3, -0.25) is 5.32 Å². The van der Waals surface area contributed by atoms with Crippen molar-refractivity contribution in [2.45, 2.75) is 30.1 Å². The van der Waals surface area contributed by atoms with Gasteiger partial charge in [-0.1, -0.05) is 36.4 Å². The molecule has 2 unspecified atom stereocenters. The molecule has 0 bridgehead atoms. The zero-order valence-corrected chi connectivity index (χ0v) is 16.7. The number of carbonyl (C=O) groups excluding carboxylic acids is 1. The number of aliphatic hydroxyl groups is 1. The Hall–Kier alpha value is -1.67. The summed E-state index contributed by atoms with van der Waals surface area (Å²) in [5, 5.41) is 12.7. The Morgan fingerprint density at radius 3 is 2.63 bits per heavy atom. The summed E-state index contributed by atoms with van der Waals surface area (Å²) in [6.45, 7) is 1.95. The Morgan fingerprint density at radius 2 is 2.07 bits per heavy atom. The third-order valence-corrected chi connectivity index (χ3v) is 6.86. The van der Waals surface area contributed by atoms with Crippen molar-refractivity contribution >= 4 is 27.4 Å². The second-order valence-corrected chi connectivity index (χ2v) is 8.80. The summed E-state index contributed by atoms with van der Waals surface area (Å²) in [7, 11) is -3.71. The van der Waals surface area contributed by atoms with E-state index in [0.29, 0.717) is 11.1 Å². The standard InChI is InChI=1S/C19H24ClNO5S/c1-2-26-18(23)16-8-10-19(11-9-16,21-13-17(22)12-20)27(24,25)14-15-6-4-3-5-7-15/h3-10,17,21-22H,2,11-14H2,1H3. The summed E-state index contributed by atoms with van der Waals surface area (Å²) < 4.78 is 31.4. The number of sulfone groups is 1. The molecular weight excluding hydrogens is 390 g/mol. The number of ether oxygens (including phenoxy) is 1. The minimum absolute atomic E-state index is 0.00440. The maximum absolute atomic E-state index is 13.2. The molecule has 0 saturated carbocycles. The van der Waals surface area contributed by atoms with Gasteiger partial charge in [0.2, 0.25) is 0 Å². The Morgan fingerprint density at radius 1 is 1.37 bits per heavy atom. The van der Waals surface area contributed by atoms with E-state index in [-0.39, 0.29) is 31.2 Å². The summed E-state index contributed by atoms with van der Waals surface area (Å²) in [4.78, 5) is 10.5. The van der Waals surface area contributed by atoms with Gasteiger partial charge < -0.3 is 9.84 Å². The average molecular weight is 414 g/mol. The van der Waals surface area contributed by atoms with Crippen LogP contribution in [0.15, 0.2) is 54.1 Å². The third-order valence-electron chi connectivity index (χ3n) is 4.24. The number of halogens is 1. The first-order valence-corrected chi connectivity index (χ1v) is 10.8. The molecule has 0 spiro atoms. The highest BCUT2D eigenvalue weighted by Crippen LogP contribution is 2.30. The van der Waals surface area contributed by atoms with Gasteiger partial charge in [0.05, 0.1) is 24.0 Å². The summed E-state index contributed by atoms with van der Waals surface area (Å²) >= 11 is 5.63. The van der Waals surface area contributed by atoms with E-state index >= 15 is 0 Å². The smallest absolute Gasteiger partial charge is 0.337 e. The predicted octanol–water partition coefficient (Wildman–Crippen LogP) is 1.94. The molecule has 148 valence electrons. The lowest BCUT2D eigenvalue weighted by molar-refractivity contribution is -0.138. The first-order valence-electron chi connectivity index (χ1n) is 8.65. The highest BCUT2D eigenvalue weighted by molar-refractivity contribution is 7.92. The van der Waals surface area contributed by atoms with Crippen LogP contribution in [0.5, 0.6) is 0 Å². The Kier molecular flexibility index (Phi) is 7.61. The van der Waals surface area contributed by atoms with E-state index in [0.717, 1.165) is 0 Å². The first-order chi connectivity index (χ1) is 12.8. The molecule has 0 saturated heterocycles. The quantitative estimate of drug-likeness (QED) is 0.474. The third kappa shape index (κ3) is 5.42. The van der Waals surface area contributed by atoms with E-state index in [1.54, 1.807) is 37.3 Å². The Balaban J connectivity index is 2.29. The zero-order chi connectivity index (χ0) is 19.9. The normalized spacial score (nSPS) is 20.8. The highest BCUT2D eigenvalue weighted by atomic mass is 35.5. The van der Waals surface area contributed by atoms with Crippen LogP contribution in [-0.2, 0) is 25.1 Å². The van der Waals surface area contributed by atoms with Gasteiger partial charge in [-0.05, 0) is 24.6 Å². The van der Waals surface area contributed by atoms with Crippen LogP contribution in [0.3, 0.4) is 0 Å². The number of alkyl halides is 1. The van der Waals surface area contributed by atoms with Crippen molar-refractivity contribution in [1.82, 2.24) is 5.32 Å². The predicted molar refractivity (Wildman–Crippen MR) is 105 cm³/mol. The molecule has 0 aromatic heterocycles. The average Bonchev–Trinajstić information content (AvgIpc) is 2.67. The molecule has 27 heavy (non-hydrogen) atoms. The largest absolute Gasteiger partial charge is 0.462 e.